The van der Waals surface area contributed by atoms with Gasteiger partial charge in [-0.25, -0.2) is 4.98 Å². The molecular formula is C9H12N2O2. The third-order valence-corrected chi connectivity index (χ3v) is 2.43. The molecule has 1 aliphatic rings. The second-order valence-corrected chi connectivity index (χ2v) is 3.50. The lowest BCUT2D eigenvalue weighted by Crippen LogP contribution is -2.07. The molecule has 0 aliphatic heterocycles. The zero-order chi connectivity index (χ0) is 9.42. The summed E-state index contributed by atoms with van der Waals surface area (Å²) in [5, 5.41) is 8.60. The molecule has 1 fully saturated rings. The van der Waals surface area contributed by atoms with E-state index in [1.807, 2.05) is 11.6 Å². The molecule has 4 heteroatoms. The van der Waals surface area contributed by atoms with Crippen LogP contribution in [0.3, 0.4) is 0 Å². The number of hydrogen-bond acceptors (Lipinski definition) is 2. The van der Waals surface area contributed by atoms with Crippen molar-refractivity contribution < 1.29 is 9.90 Å². The lowest BCUT2D eigenvalue weighted by atomic mass is 10.3. The minimum Gasteiger partial charge on any atom is -0.481 e. The standard InChI is InChI=1S/C9H12N2O2/c1-11-7(6-2-3-6)5-10-8(11)4-9(12)13/h5-6H,2-4H2,1H3,(H,12,13). The molecule has 0 atom stereocenters. The smallest absolute Gasteiger partial charge is 0.311 e. The van der Waals surface area contributed by atoms with Crippen molar-refractivity contribution in [3.8, 4) is 0 Å². The molecule has 13 heavy (non-hydrogen) atoms. The van der Waals surface area contributed by atoms with Gasteiger partial charge in [-0.05, 0) is 12.8 Å². The number of aromatic nitrogens is 2. The van der Waals surface area contributed by atoms with Crippen molar-refractivity contribution in [3.63, 3.8) is 0 Å². The zero-order valence-corrected chi connectivity index (χ0v) is 7.53. The Labute approximate surface area is 76.2 Å². The quantitative estimate of drug-likeness (QED) is 0.752. The normalized spacial score (nSPS) is 16.1. The molecule has 1 heterocycles. The number of carboxylic acids is 1. The number of carboxylic acid groups (broad SMARTS) is 1. The highest BCUT2D eigenvalue weighted by atomic mass is 16.4. The third-order valence-electron chi connectivity index (χ3n) is 2.43. The van der Waals surface area contributed by atoms with E-state index < -0.39 is 5.97 Å². The maximum Gasteiger partial charge on any atom is 0.311 e. The first kappa shape index (κ1) is 8.29. The van der Waals surface area contributed by atoms with E-state index in [0.717, 1.165) is 0 Å². The summed E-state index contributed by atoms with van der Waals surface area (Å²) in [4.78, 5) is 14.6. The van der Waals surface area contributed by atoms with Crippen molar-refractivity contribution in [2.24, 2.45) is 7.05 Å². The van der Waals surface area contributed by atoms with Gasteiger partial charge in [-0.15, -0.1) is 0 Å². The van der Waals surface area contributed by atoms with Gasteiger partial charge in [-0.1, -0.05) is 0 Å². The number of imidazole rings is 1. The highest BCUT2D eigenvalue weighted by Gasteiger charge is 2.27. The molecule has 1 aliphatic carbocycles. The average molecular weight is 180 g/mol. The fraction of sp³-hybridized carbons (Fsp3) is 0.556. The molecule has 0 bridgehead atoms. The van der Waals surface area contributed by atoms with E-state index in [0.29, 0.717) is 11.7 Å². The minimum absolute atomic E-state index is 0.0171. The van der Waals surface area contributed by atoms with E-state index in [2.05, 4.69) is 4.98 Å². The van der Waals surface area contributed by atoms with Crippen LogP contribution in [0.4, 0.5) is 0 Å². The summed E-state index contributed by atoms with van der Waals surface area (Å²) in [6.45, 7) is 0. The van der Waals surface area contributed by atoms with Crippen molar-refractivity contribution in [1.29, 1.82) is 0 Å². The van der Waals surface area contributed by atoms with Crippen LogP contribution >= 0.6 is 0 Å². The second kappa shape index (κ2) is 2.87. The third kappa shape index (κ3) is 1.56. The van der Waals surface area contributed by atoms with E-state index in [4.69, 9.17) is 5.11 Å². The maximum absolute atomic E-state index is 10.5. The number of carbonyl (C=O) groups is 1. The molecule has 0 spiro atoms. The first-order valence-electron chi connectivity index (χ1n) is 4.40. The molecule has 1 aromatic rings. The van der Waals surface area contributed by atoms with Gasteiger partial charge in [0.15, 0.2) is 0 Å². The molecule has 70 valence electrons. The Morgan fingerprint density at radius 2 is 2.46 bits per heavy atom. The second-order valence-electron chi connectivity index (χ2n) is 3.50. The van der Waals surface area contributed by atoms with Crippen LogP contribution in [-0.4, -0.2) is 20.6 Å². The van der Waals surface area contributed by atoms with Gasteiger partial charge in [0.1, 0.15) is 12.2 Å². The number of nitrogens with zero attached hydrogens (tertiary/aromatic N) is 2. The van der Waals surface area contributed by atoms with Crippen LogP contribution in [0.15, 0.2) is 6.20 Å². The van der Waals surface area contributed by atoms with Gasteiger partial charge < -0.3 is 9.67 Å². The summed E-state index contributed by atoms with van der Waals surface area (Å²) < 4.78 is 1.91. The monoisotopic (exact) mass is 180 g/mol. The predicted octanol–water partition coefficient (Wildman–Crippen LogP) is 0.925. The van der Waals surface area contributed by atoms with Crippen molar-refractivity contribution in [2.75, 3.05) is 0 Å². The fourth-order valence-corrected chi connectivity index (χ4v) is 1.52. The lowest BCUT2D eigenvalue weighted by Gasteiger charge is -2.02. The Balaban J connectivity index is 2.22. The van der Waals surface area contributed by atoms with Gasteiger partial charge in [0, 0.05) is 24.9 Å². The predicted molar refractivity (Wildman–Crippen MR) is 46.5 cm³/mol. The largest absolute Gasteiger partial charge is 0.481 e. The molecule has 0 unspecified atom stereocenters. The Hall–Kier alpha value is -1.32. The van der Waals surface area contributed by atoms with Crippen LogP contribution < -0.4 is 0 Å². The summed E-state index contributed by atoms with van der Waals surface area (Å²) in [7, 11) is 1.89. The summed E-state index contributed by atoms with van der Waals surface area (Å²) in [5.74, 6) is 0.450. The summed E-state index contributed by atoms with van der Waals surface area (Å²) in [6.07, 6.45) is 4.25. The topological polar surface area (TPSA) is 55.1 Å². The van der Waals surface area contributed by atoms with Crippen LogP contribution in [0.5, 0.6) is 0 Å². The molecule has 2 rings (SSSR count). The number of rotatable bonds is 3. The number of hydrogen-bond donors (Lipinski definition) is 1. The molecule has 0 aromatic carbocycles. The molecule has 0 saturated heterocycles. The summed E-state index contributed by atoms with van der Waals surface area (Å²) in [6, 6.07) is 0. The fourth-order valence-electron chi connectivity index (χ4n) is 1.52. The van der Waals surface area contributed by atoms with E-state index in [1.54, 1.807) is 6.20 Å². The lowest BCUT2D eigenvalue weighted by molar-refractivity contribution is -0.136. The van der Waals surface area contributed by atoms with Crippen molar-refractivity contribution in [2.45, 2.75) is 25.2 Å². The Kier molecular flexibility index (Phi) is 1.83. The molecule has 1 N–H and O–H groups in total. The maximum atomic E-state index is 10.5. The Morgan fingerprint density at radius 1 is 1.77 bits per heavy atom. The molecular weight excluding hydrogens is 168 g/mol. The van der Waals surface area contributed by atoms with Crippen LogP contribution in [0, 0.1) is 0 Å². The average Bonchev–Trinajstić information content (AvgIpc) is 2.81. The molecule has 0 amide bonds. The minimum atomic E-state index is -0.823. The van der Waals surface area contributed by atoms with Crippen LogP contribution in [0.2, 0.25) is 0 Å². The highest BCUT2D eigenvalue weighted by molar-refractivity contribution is 5.69. The van der Waals surface area contributed by atoms with Gasteiger partial charge in [0.2, 0.25) is 0 Å². The SMILES string of the molecule is Cn1c(C2CC2)cnc1CC(=O)O. The molecule has 0 radical (unpaired) electrons. The summed E-state index contributed by atoms with van der Waals surface area (Å²) in [5.41, 5.74) is 1.18. The van der Waals surface area contributed by atoms with Crippen LogP contribution in [0.25, 0.3) is 0 Å². The van der Waals surface area contributed by atoms with E-state index >= 15 is 0 Å². The van der Waals surface area contributed by atoms with Crippen molar-refractivity contribution in [1.82, 2.24) is 9.55 Å². The van der Waals surface area contributed by atoms with Gasteiger partial charge >= 0.3 is 5.97 Å². The molecule has 1 aromatic heterocycles. The van der Waals surface area contributed by atoms with E-state index in [1.165, 1.54) is 18.5 Å². The van der Waals surface area contributed by atoms with Crippen molar-refractivity contribution in [3.05, 3.63) is 17.7 Å². The Morgan fingerprint density at radius 3 is 3.00 bits per heavy atom. The van der Waals surface area contributed by atoms with Crippen molar-refractivity contribution >= 4 is 5.97 Å². The van der Waals surface area contributed by atoms with Gasteiger partial charge in [0.05, 0.1) is 0 Å². The van der Waals surface area contributed by atoms with E-state index in [-0.39, 0.29) is 6.42 Å². The summed E-state index contributed by atoms with van der Waals surface area (Å²) >= 11 is 0. The number of aliphatic carboxylic acids is 1. The molecule has 4 nitrogen and oxygen atoms in total. The Bertz CT molecular complexity index is 339. The van der Waals surface area contributed by atoms with Gasteiger partial charge in [-0.2, -0.15) is 0 Å². The van der Waals surface area contributed by atoms with Crippen LogP contribution in [0.1, 0.15) is 30.3 Å². The first-order valence-corrected chi connectivity index (χ1v) is 4.40. The van der Waals surface area contributed by atoms with Crippen LogP contribution in [-0.2, 0) is 18.3 Å². The van der Waals surface area contributed by atoms with Gasteiger partial charge in [-0.3, -0.25) is 4.79 Å². The molecule has 1 saturated carbocycles. The first-order chi connectivity index (χ1) is 6.18. The van der Waals surface area contributed by atoms with Gasteiger partial charge in [0.25, 0.3) is 0 Å². The highest BCUT2D eigenvalue weighted by Crippen LogP contribution is 2.39. The van der Waals surface area contributed by atoms with E-state index in [9.17, 15) is 4.79 Å². The zero-order valence-electron chi connectivity index (χ0n) is 7.53.